The van der Waals surface area contributed by atoms with Crippen molar-refractivity contribution >= 4 is 45.4 Å². The topological polar surface area (TPSA) is 151 Å². The molecule has 4 aromatic carbocycles. The number of ether oxygens (including phenoxy) is 2. The molecule has 6 aromatic rings. The molecule has 0 atom stereocenters. The third-order valence-electron chi connectivity index (χ3n) is 6.71. The molecule has 2 heterocycles. The van der Waals surface area contributed by atoms with Gasteiger partial charge in [0.25, 0.3) is 11.5 Å². The maximum absolute atomic E-state index is 13.7. The number of hydrogen-bond acceptors (Lipinski definition) is 9. The number of rotatable bonds is 9. The highest BCUT2D eigenvalue weighted by Gasteiger charge is 2.21. The molecular weight excluding hydrogens is 585 g/mol. The molecule has 0 unspecified atom stereocenters. The van der Waals surface area contributed by atoms with Crippen molar-refractivity contribution in [1.29, 1.82) is 0 Å². The van der Waals surface area contributed by atoms with E-state index in [0.29, 0.717) is 22.2 Å². The first-order chi connectivity index (χ1) is 21.8. The Kier molecular flexibility index (Phi) is 7.72. The highest BCUT2D eigenvalue weighted by molar-refractivity contribution is 5.93. The molecule has 0 aliphatic heterocycles. The second-order valence-corrected chi connectivity index (χ2v) is 9.60. The normalized spacial score (nSPS) is 11.2. The van der Waals surface area contributed by atoms with E-state index in [2.05, 4.69) is 15.4 Å². The number of carbonyl (C=O) groups is 1. The number of nitro benzene ring substituents is 1. The molecule has 0 bridgehead atoms. The van der Waals surface area contributed by atoms with E-state index in [0.717, 1.165) is 10.7 Å². The van der Waals surface area contributed by atoms with Crippen LogP contribution in [0.3, 0.4) is 0 Å². The fraction of sp³-hybridized carbons (Fsp3) is 0.0625. The van der Waals surface area contributed by atoms with Gasteiger partial charge < -0.3 is 19.2 Å². The molecule has 45 heavy (non-hydrogen) atoms. The summed E-state index contributed by atoms with van der Waals surface area (Å²) >= 11 is 0. The molecule has 1 amide bonds. The van der Waals surface area contributed by atoms with Crippen LogP contribution < -0.4 is 20.3 Å². The number of nitrogens with zero attached hydrogens (tertiary/aromatic N) is 4. The van der Waals surface area contributed by atoms with Crippen LogP contribution in [-0.4, -0.2) is 40.4 Å². The summed E-state index contributed by atoms with van der Waals surface area (Å²) in [5.74, 6) is -0.655. The highest BCUT2D eigenvalue weighted by Crippen LogP contribution is 2.33. The standard InChI is InChI=1S/C32H22FN5O7/c1-43-26-13-6-14-27-23(26)16-28(45-27)31-36-24-11-3-2-10-22(24)32(40)37(31)34-17-19-7-4-12-25(38(41)42)30(19)44-18-29(39)35-21-9-5-8-20(33)15-21/h2-17H,18H2,1H3,(H,35,39). The van der Waals surface area contributed by atoms with Gasteiger partial charge in [0.05, 0.1) is 34.5 Å². The van der Waals surface area contributed by atoms with Crippen LogP contribution in [0.25, 0.3) is 33.5 Å². The lowest BCUT2D eigenvalue weighted by molar-refractivity contribution is -0.385. The number of hydrogen-bond donors (Lipinski definition) is 1. The molecular formula is C32H22FN5O7. The first-order valence-corrected chi connectivity index (χ1v) is 13.4. The zero-order valence-corrected chi connectivity index (χ0v) is 23.5. The van der Waals surface area contributed by atoms with E-state index in [1.807, 2.05) is 0 Å². The number of nitrogens with one attached hydrogen (secondary N) is 1. The number of anilines is 1. The van der Waals surface area contributed by atoms with Crippen LogP contribution in [0, 0.1) is 15.9 Å². The van der Waals surface area contributed by atoms with Gasteiger partial charge in [0, 0.05) is 17.3 Å². The van der Waals surface area contributed by atoms with Gasteiger partial charge in [-0.1, -0.05) is 30.3 Å². The Balaban J connectivity index is 1.41. The maximum Gasteiger partial charge on any atom is 0.311 e. The quantitative estimate of drug-likeness (QED) is 0.124. The lowest BCUT2D eigenvalue weighted by Crippen LogP contribution is -2.21. The number of furan rings is 1. The summed E-state index contributed by atoms with van der Waals surface area (Å²) in [6.45, 7) is -0.633. The van der Waals surface area contributed by atoms with Gasteiger partial charge >= 0.3 is 5.69 Å². The molecule has 12 nitrogen and oxygen atoms in total. The number of methoxy groups -OCH3 is 1. The van der Waals surface area contributed by atoms with E-state index in [1.165, 1.54) is 49.7 Å². The summed E-state index contributed by atoms with van der Waals surface area (Å²) in [6.07, 6.45) is 1.19. The Bertz CT molecular complexity index is 2190. The van der Waals surface area contributed by atoms with Crippen molar-refractivity contribution in [3.8, 4) is 23.1 Å². The number of para-hydroxylation sites is 2. The van der Waals surface area contributed by atoms with Crippen molar-refractivity contribution in [2.24, 2.45) is 5.10 Å². The number of benzene rings is 4. The van der Waals surface area contributed by atoms with Crippen LogP contribution in [0.4, 0.5) is 15.8 Å². The summed E-state index contributed by atoms with van der Waals surface area (Å²) in [6, 6.07) is 23.0. The minimum Gasteiger partial charge on any atom is -0.496 e. The van der Waals surface area contributed by atoms with Crippen molar-refractivity contribution in [1.82, 2.24) is 9.66 Å². The molecule has 0 aliphatic rings. The highest BCUT2D eigenvalue weighted by atomic mass is 19.1. The van der Waals surface area contributed by atoms with E-state index in [1.54, 1.807) is 48.5 Å². The first-order valence-electron chi connectivity index (χ1n) is 13.4. The molecule has 6 rings (SSSR count). The second kappa shape index (κ2) is 12.1. The van der Waals surface area contributed by atoms with Crippen LogP contribution in [0.2, 0.25) is 0 Å². The fourth-order valence-corrected chi connectivity index (χ4v) is 4.68. The molecule has 0 radical (unpaired) electrons. The molecule has 0 saturated heterocycles. The predicted octanol–water partition coefficient (Wildman–Crippen LogP) is 5.77. The zero-order valence-electron chi connectivity index (χ0n) is 23.5. The summed E-state index contributed by atoms with van der Waals surface area (Å²) in [4.78, 5) is 42.0. The molecule has 13 heteroatoms. The van der Waals surface area contributed by atoms with E-state index < -0.39 is 34.5 Å². The third-order valence-corrected chi connectivity index (χ3v) is 6.71. The largest absolute Gasteiger partial charge is 0.496 e. The van der Waals surface area contributed by atoms with Crippen molar-refractivity contribution in [3.63, 3.8) is 0 Å². The van der Waals surface area contributed by atoms with Crippen molar-refractivity contribution in [2.45, 2.75) is 0 Å². The number of fused-ring (bicyclic) bond motifs is 2. The first kappa shape index (κ1) is 28.7. The van der Waals surface area contributed by atoms with Gasteiger partial charge in [0.15, 0.2) is 12.4 Å². The van der Waals surface area contributed by atoms with Gasteiger partial charge in [0.2, 0.25) is 11.6 Å². The van der Waals surface area contributed by atoms with Crippen molar-refractivity contribution in [3.05, 3.63) is 123 Å². The van der Waals surface area contributed by atoms with Crippen LogP contribution in [0.1, 0.15) is 5.56 Å². The summed E-state index contributed by atoms with van der Waals surface area (Å²) in [7, 11) is 1.53. The van der Waals surface area contributed by atoms with Crippen LogP contribution >= 0.6 is 0 Å². The Labute approximate surface area is 253 Å². The Morgan fingerprint density at radius 1 is 1.07 bits per heavy atom. The number of halogens is 1. The smallest absolute Gasteiger partial charge is 0.311 e. The minimum atomic E-state index is -0.681. The minimum absolute atomic E-state index is 0.0653. The third kappa shape index (κ3) is 5.82. The monoisotopic (exact) mass is 607 g/mol. The van der Waals surface area contributed by atoms with Gasteiger partial charge in [-0.15, -0.1) is 0 Å². The second-order valence-electron chi connectivity index (χ2n) is 9.60. The van der Waals surface area contributed by atoms with E-state index in [9.17, 15) is 24.1 Å². The van der Waals surface area contributed by atoms with E-state index in [4.69, 9.17) is 13.9 Å². The van der Waals surface area contributed by atoms with Gasteiger partial charge in [-0.25, -0.2) is 9.37 Å². The SMILES string of the molecule is COc1cccc2oc(-c3nc4ccccc4c(=O)n3N=Cc3cccc([N+](=O)[O-])c3OCC(=O)Nc3cccc(F)c3)cc12. The molecule has 0 saturated carbocycles. The molecule has 224 valence electrons. The van der Waals surface area contributed by atoms with E-state index in [-0.39, 0.29) is 34.0 Å². The molecule has 2 aromatic heterocycles. The Hall–Kier alpha value is -6.37. The van der Waals surface area contributed by atoms with E-state index >= 15 is 0 Å². The average molecular weight is 608 g/mol. The van der Waals surface area contributed by atoms with Crippen LogP contribution in [0.15, 0.2) is 105 Å². The predicted molar refractivity (Wildman–Crippen MR) is 164 cm³/mol. The fourth-order valence-electron chi connectivity index (χ4n) is 4.68. The van der Waals surface area contributed by atoms with Crippen LogP contribution in [0.5, 0.6) is 11.5 Å². The Morgan fingerprint density at radius 3 is 2.67 bits per heavy atom. The van der Waals surface area contributed by atoms with Crippen molar-refractivity contribution in [2.75, 3.05) is 19.0 Å². The molecule has 0 fully saturated rings. The van der Waals surface area contributed by atoms with Crippen LogP contribution in [-0.2, 0) is 4.79 Å². The number of nitro groups is 1. The van der Waals surface area contributed by atoms with Gasteiger partial charge in [-0.2, -0.15) is 9.78 Å². The van der Waals surface area contributed by atoms with Gasteiger partial charge in [-0.05, 0) is 54.6 Å². The zero-order chi connectivity index (χ0) is 31.5. The van der Waals surface area contributed by atoms with Gasteiger partial charge in [-0.3, -0.25) is 19.7 Å². The number of amides is 1. The van der Waals surface area contributed by atoms with Gasteiger partial charge in [0.1, 0.15) is 17.1 Å². The lowest BCUT2D eigenvalue weighted by atomic mass is 10.2. The van der Waals surface area contributed by atoms with Crippen molar-refractivity contribution < 1.29 is 28.0 Å². The molecule has 1 N–H and O–H groups in total. The Morgan fingerprint density at radius 2 is 1.87 bits per heavy atom. The number of aromatic nitrogens is 2. The summed E-state index contributed by atoms with van der Waals surface area (Å²) < 4.78 is 31.6. The summed E-state index contributed by atoms with van der Waals surface area (Å²) in [5.41, 5.74) is 0.216. The maximum atomic E-state index is 13.7. The molecule has 0 aliphatic carbocycles. The average Bonchev–Trinajstić information content (AvgIpc) is 3.48. The molecule has 0 spiro atoms. The number of carbonyl (C=O) groups excluding carboxylic acids is 1. The lowest BCUT2D eigenvalue weighted by Gasteiger charge is -2.11. The summed E-state index contributed by atoms with van der Waals surface area (Å²) in [5, 5.41) is 19.6.